The zero-order valence-corrected chi connectivity index (χ0v) is 14.9. The Morgan fingerprint density at radius 3 is 2.93 bits per heavy atom. The van der Waals surface area contributed by atoms with Crippen LogP contribution < -0.4 is 10.2 Å². The van der Waals surface area contributed by atoms with Gasteiger partial charge in [-0.3, -0.25) is 0 Å². The number of fused-ring (bicyclic) bond motifs is 1. The van der Waals surface area contributed by atoms with Gasteiger partial charge in [-0.15, -0.1) is 0 Å². The molecule has 1 aliphatic rings. The molecule has 27 heavy (non-hydrogen) atoms. The minimum absolute atomic E-state index is 0.0901. The van der Waals surface area contributed by atoms with E-state index in [1.165, 1.54) is 0 Å². The molecule has 0 saturated carbocycles. The van der Waals surface area contributed by atoms with Crippen LogP contribution in [0.1, 0.15) is 12.0 Å². The molecule has 136 valence electrons. The summed E-state index contributed by atoms with van der Waals surface area (Å²) in [4.78, 5) is 28.2. The van der Waals surface area contributed by atoms with Crippen molar-refractivity contribution in [1.29, 1.82) is 5.26 Å². The number of carbonyl (C=O) groups excluding carboxylic acids is 1. The van der Waals surface area contributed by atoms with E-state index < -0.39 is 0 Å². The molecule has 4 rings (SSSR count). The quantitative estimate of drug-likeness (QED) is 0.747. The molecule has 1 fully saturated rings. The second-order valence-corrected chi connectivity index (χ2v) is 6.56. The Hall–Kier alpha value is -3.60. The predicted molar refractivity (Wildman–Crippen MR) is 102 cm³/mol. The first-order valence-electron chi connectivity index (χ1n) is 8.72. The van der Waals surface area contributed by atoms with Gasteiger partial charge in [-0.1, -0.05) is 0 Å². The maximum Gasteiger partial charge on any atom is 0.321 e. The highest BCUT2D eigenvalue weighted by molar-refractivity contribution is 5.90. The van der Waals surface area contributed by atoms with E-state index in [4.69, 9.17) is 5.26 Å². The Kier molecular flexibility index (Phi) is 4.34. The topological polar surface area (TPSA) is 101 Å². The van der Waals surface area contributed by atoms with E-state index in [1.54, 1.807) is 42.5 Å². The maximum absolute atomic E-state index is 12.6. The van der Waals surface area contributed by atoms with Crippen molar-refractivity contribution in [1.82, 2.24) is 19.9 Å². The Morgan fingerprint density at radius 2 is 2.15 bits per heavy atom. The number of nitriles is 1. The number of aromatic nitrogens is 3. The monoisotopic (exact) mass is 361 g/mol. The van der Waals surface area contributed by atoms with Crippen LogP contribution in [-0.2, 0) is 0 Å². The van der Waals surface area contributed by atoms with Gasteiger partial charge in [-0.25, -0.2) is 14.8 Å². The number of urea groups is 1. The van der Waals surface area contributed by atoms with E-state index in [2.05, 4.69) is 31.2 Å². The molecule has 1 aliphatic heterocycles. The van der Waals surface area contributed by atoms with Gasteiger partial charge in [0.1, 0.15) is 17.8 Å². The molecule has 0 bridgehead atoms. The van der Waals surface area contributed by atoms with Crippen molar-refractivity contribution < 1.29 is 4.79 Å². The number of aromatic amines is 1. The fourth-order valence-electron chi connectivity index (χ4n) is 3.37. The van der Waals surface area contributed by atoms with E-state index in [-0.39, 0.29) is 12.1 Å². The number of anilines is 2. The number of H-pyrrole nitrogens is 1. The van der Waals surface area contributed by atoms with Gasteiger partial charge in [0.2, 0.25) is 0 Å². The van der Waals surface area contributed by atoms with Crippen LogP contribution in [0.5, 0.6) is 0 Å². The van der Waals surface area contributed by atoms with Crippen LogP contribution >= 0.6 is 0 Å². The van der Waals surface area contributed by atoms with Gasteiger partial charge >= 0.3 is 6.03 Å². The van der Waals surface area contributed by atoms with Gasteiger partial charge in [0.05, 0.1) is 23.1 Å². The summed E-state index contributed by atoms with van der Waals surface area (Å²) in [6.07, 6.45) is 4.28. The molecule has 0 spiro atoms. The molecular weight excluding hydrogens is 342 g/mol. The van der Waals surface area contributed by atoms with E-state index >= 15 is 0 Å². The summed E-state index contributed by atoms with van der Waals surface area (Å²) >= 11 is 0. The average molecular weight is 361 g/mol. The van der Waals surface area contributed by atoms with E-state index in [1.807, 2.05) is 12.3 Å². The fourth-order valence-corrected chi connectivity index (χ4v) is 3.37. The Morgan fingerprint density at radius 1 is 1.33 bits per heavy atom. The highest BCUT2D eigenvalue weighted by atomic mass is 16.2. The molecule has 1 saturated heterocycles. The average Bonchev–Trinajstić information content (AvgIpc) is 3.37. The van der Waals surface area contributed by atoms with Crippen LogP contribution in [0.15, 0.2) is 42.9 Å². The number of benzene rings is 1. The first-order valence-corrected chi connectivity index (χ1v) is 8.72. The van der Waals surface area contributed by atoms with E-state index in [9.17, 15) is 4.79 Å². The minimum atomic E-state index is -0.166. The summed E-state index contributed by atoms with van der Waals surface area (Å²) in [5.41, 5.74) is 2.05. The highest BCUT2D eigenvalue weighted by Crippen LogP contribution is 2.27. The second-order valence-electron chi connectivity index (χ2n) is 6.56. The van der Waals surface area contributed by atoms with E-state index in [0.29, 0.717) is 17.8 Å². The number of nitrogens with zero attached hydrogens (tertiary/aromatic N) is 5. The molecule has 2 amide bonds. The van der Waals surface area contributed by atoms with Crippen molar-refractivity contribution in [3.05, 3.63) is 48.4 Å². The van der Waals surface area contributed by atoms with Crippen molar-refractivity contribution in [2.24, 2.45) is 0 Å². The lowest BCUT2D eigenvalue weighted by atomic mass is 10.2. The summed E-state index contributed by atoms with van der Waals surface area (Å²) in [7, 11) is 1.80. The lowest BCUT2D eigenvalue weighted by Crippen LogP contribution is -2.41. The summed E-state index contributed by atoms with van der Waals surface area (Å²) < 4.78 is 0. The summed E-state index contributed by atoms with van der Waals surface area (Å²) in [5.74, 6) is 0.893. The zero-order chi connectivity index (χ0) is 18.8. The lowest BCUT2D eigenvalue weighted by molar-refractivity contribution is 0.208. The van der Waals surface area contributed by atoms with Gasteiger partial charge in [-0.05, 0) is 36.8 Å². The number of amides is 2. The molecule has 1 atom stereocenters. The van der Waals surface area contributed by atoms with Crippen LogP contribution in [0.3, 0.4) is 0 Å². The smallest absolute Gasteiger partial charge is 0.321 e. The molecule has 0 radical (unpaired) electrons. The van der Waals surface area contributed by atoms with Crippen LogP contribution in [-0.4, -0.2) is 52.1 Å². The number of carbonyl (C=O) groups is 1. The summed E-state index contributed by atoms with van der Waals surface area (Å²) in [6.45, 7) is 1.55. The Labute approximate surface area is 156 Å². The van der Waals surface area contributed by atoms with Crippen molar-refractivity contribution in [2.45, 2.75) is 12.5 Å². The molecule has 2 N–H and O–H groups in total. The van der Waals surface area contributed by atoms with Crippen molar-refractivity contribution in [3.63, 3.8) is 0 Å². The first kappa shape index (κ1) is 16.8. The summed E-state index contributed by atoms with van der Waals surface area (Å²) in [6, 6.07) is 10.8. The molecule has 8 heteroatoms. The number of nitrogens with one attached hydrogen (secondary N) is 2. The van der Waals surface area contributed by atoms with Crippen LogP contribution in [0, 0.1) is 11.3 Å². The zero-order valence-electron chi connectivity index (χ0n) is 14.9. The van der Waals surface area contributed by atoms with Crippen molar-refractivity contribution >= 4 is 28.6 Å². The van der Waals surface area contributed by atoms with Gasteiger partial charge in [-0.2, -0.15) is 5.26 Å². The number of hydrogen-bond donors (Lipinski definition) is 2. The third-order valence-corrected chi connectivity index (χ3v) is 4.93. The lowest BCUT2D eigenvalue weighted by Gasteiger charge is -2.25. The predicted octanol–water partition coefficient (Wildman–Crippen LogP) is 2.57. The second kappa shape index (κ2) is 6.96. The third-order valence-electron chi connectivity index (χ3n) is 4.93. The van der Waals surface area contributed by atoms with Crippen molar-refractivity contribution in [3.8, 4) is 6.07 Å². The minimum Gasteiger partial charge on any atom is -0.354 e. The van der Waals surface area contributed by atoms with Gasteiger partial charge in [0, 0.05) is 32.0 Å². The van der Waals surface area contributed by atoms with E-state index in [0.717, 1.165) is 29.8 Å². The highest BCUT2D eigenvalue weighted by Gasteiger charge is 2.30. The number of likely N-dealkylation sites (N-methyl/N-ethyl adjacent to an activating group) is 1. The Bertz CT molecular complexity index is 1000. The van der Waals surface area contributed by atoms with Crippen LogP contribution in [0.2, 0.25) is 0 Å². The molecule has 1 aromatic carbocycles. The SMILES string of the molecule is CN(C(=O)Nc1ccc(C#N)cc1)[C@@H]1CCN(c2ncnc3[nH]ccc23)C1. The van der Waals surface area contributed by atoms with Crippen LogP contribution in [0.4, 0.5) is 16.3 Å². The van der Waals surface area contributed by atoms with Crippen molar-refractivity contribution in [2.75, 3.05) is 30.4 Å². The molecule has 0 unspecified atom stereocenters. The van der Waals surface area contributed by atoms with Crippen LogP contribution in [0.25, 0.3) is 11.0 Å². The summed E-state index contributed by atoms with van der Waals surface area (Å²) in [5, 5.41) is 12.7. The normalized spacial score (nSPS) is 16.3. The van der Waals surface area contributed by atoms with Gasteiger partial charge in [0.15, 0.2) is 0 Å². The number of hydrogen-bond acceptors (Lipinski definition) is 5. The molecular formula is C19H19N7O. The Balaban J connectivity index is 1.42. The van der Waals surface area contributed by atoms with Gasteiger partial charge < -0.3 is 20.1 Å². The molecule has 0 aliphatic carbocycles. The first-order chi connectivity index (χ1) is 13.2. The fraction of sp³-hybridized carbons (Fsp3) is 0.263. The molecule has 3 aromatic rings. The third kappa shape index (κ3) is 3.27. The largest absolute Gasteiger partial charge is 0.354 e. The molecule has 8 nitrogen and oxygen atoms in total. The maximum atomic E-state index is 12.6. The molecule has 2 aromatic heterocycles. The molecule has 3 heterocycles. The number of rotatable bonds is 3. The standard InChI is InChI=1S/C19H19N7O/c1-25(19(27)24-14-4-2-13(10-20)3-5-14)15-7-9-26(11-15)18-16-6-8-21-17(16)22-12-23-18/h2-6,8,12,15H,7,9,11H2,1H3,(H,24,27)(H,21,22,23)/t15-/m1/s1. The van der Waals surface area contributed by atoms with Gasteiger partial charge in [0.25, 0.3) is 0 Å².